The summed E-state index contributed by atoms with van der Waals surface area (Å²) in [7, 11) is 0. The van der Waals surface area contributed by atoms with Gasteiger partial charge in [0, 0.05) is 33.3 Å². The summed E-state index contributed by atoms with van der Waals surface area (Å²) in [4.78, 5) is 4.83. The number of benzene rings is 1. The third-order valence-electron chi connectivity index (χ3n) is 5.91. The molecular formula is C31H40N2S. The highest BCUT2D eigenvalue weighted by Crippen LogP contribution is 2.41. The normalized spacial score (nSPS) is 14.8. The van der Waals surface area contributed by atoms with E-state index in [0.29, 0.717) is 0 Å². The molecule has 0 bridgehead atoms. The summed E-state index contributed by atoms with van der Waals surface area (Å²) >= 11 is 1.80. The molecule has 0 saturated carbocycles. The zero-order chi connectivity index (χ0) is 25.5. The Morgan fingerprint density at radius 1 is 1.12 bits per heavy atom. The SMILES string of the molecule is C=C/C=C\C=C(/C)c1ccc(C(CN2Cc3ccc(C)cc3C2=C)(NC(=C)C)C(=C)C)s1.CC. The highest BCUT2D eigenvalue weighted by molar-refractivity contribution is 7.13. The Kier molecular flexibility index (Phi) is 9.52. The maximum Gasteiger partial charge on any atom is 0.110 e. The van der Waals surface area contributed by atoms with E-state index < -0.39 is 5.54 Å². The van der Waals surface area contributed by atoms with Crippen LogP contribution in [0.4, 0.5) is 0 Å². The van der Waals surface area contributed by atoms with Crippen molar-refractivity contribution in [3.63, 3.8) is 0 Å². The lowest BCUT2D eigenvalue weighted by Gasteiger charge is -2.40. The molecule has 3 heteroatoms. The van der Waals surface area contributed by atoms with Crippen molar-refractivity contribution in [3.05, 3.63) is 119 Å². The lowest BCUT2D eigenvalue weighted by molar-refractivity contribution is 0.292. The van der Waals surface area contributed by atoms with Gasteiger partial charge in [-0.15, -0.1) is 11.3 Å². The highest BCUT2D eigenvalue weighted by Gasteiger charge is 2.39. The molecular weight excluding hydrogens is 432 g/mol. The monoisotopic (exact) mass is 472 g/mol. The maximum absolute atomic E-state index is 4.43. The molecule has 34 heavy (non-hydrogen) atoms. The molecule has 0 radical (unpaired) electrons. The van der Waals surface area contributed by atoms with Gasteiger partial charge in [0.2, 0.25) is 0 Å². The minimum absolute atomic E-state index is 0.452. The van der Waals surface area contributed by atoms with Crippen LogP contribution in [-0.4, -0.2) is 11.4 Å². The second kappa shape index (κ2) is 11.9. The van der Waals surface area contributed by atoms with E-state index in [1.54, 1.807) is 17.4 Å². The first-order chi connectivity index (χ1) is 16.2. The zero-order valence-electron chi connectivity index (χ0n) is 21.8. The number of hydrogen-bond donors (Lipinski definition) is 1. The van der Waals surface area contributed by atoms with E-state index in [9.17, 15) is 0 Å². The van der Waals surface area contributed by atoms with Crippen molar-refractivity contribution >= 4 is 22.6 Å². The fraction of sp³-hybridized carbons (Fsp3) is 0.290. The van der Waals surface area contributed by atoms with Crippen LogP contribution in [0, 0.1) is 6.92 Å². The molecule has 1 aromatic heterocycles. The van der Waals surface area contributed by atoms with Crippen molar-refractivity contribution in [2.24, 2.45) is 0 Å². The highest BCUT2D eigenvalue weighted by atomic mass is 32.1. The van der Waals surface area contributed by atoms with Gasteiger partial charge in [0.1, 0.15) is 5.54 Å². The minimum Gasteiger partial charge on any atom is -0.374 e. The number of allylic oxidation sites excluding steroid dienone is 6. The third-order valence-corrected chi connectivity index (χ3v) is 7.29. The molecule has 2 aromatic rings. The molecule has 0 aliphatic carbocycles. The molecule has 3 rings (SSSR count). The van der Waals surface area contributed by atoms with Crippen LogP contribution in [0.1, 0.15) is 61.1 Å². The van der Waals surface area contributed by atoms with Gasteiger partial charge in [-0.3, -0.25) is 0 Å². The number of thiophene rings is 1. The lowest BCUT2D eigenvalue weighted by atomic mass is 9.88. The van der Waals surface area contributed by atoms with Gasteiger partial charge in [-0.1, -0.05) is 82.2 Å². The molecule has 1 aromatic carbocycles. The van der Waals surface area contributed by atoms with Gasteiger partial charge in [0.05, 0.1) is 6.54 Å². The molecule has 1 aliphatic rings. The minimum atomic E-state index is -0.452. The summed E-state index contributed by atoms with van der Waals surface area (Å²) in [5, 5.41) is 3.69. The van der Waals surface area contributed by atoms with Crippen molar-refractivity contribution in [1.82, 2.24) is 10.2 Å². The topological polar surface area (TPSA) is 15.3 Å². The van der Waals surface area contributed by atoms with Crippen molar-refractivity contribution < 1.29 is 0 Å². The summed E-state index contributed by atoms with van der Waals surface area (Å²) in [6.07, 6.45) is 7.87. The Morgan fingerprint density at radius 3 is 2.44 bits per heavy atom. The van der Waals surface area contributed by atoms with E-state index in [0.717, 1.165) is 30.1 Å². The smallest absolute Gasteiger partial charge is 0.110 e. The zero-order valence-corrected chi connectivity index (χ0v) is 22.6. The Hall–Kier alpha value is -3.04. The lowest BCUT2D eigenvalue weighted by Crippen LogP contribution is -2.49. The first kappa shape index (κ1) is 27.2. The molecule has 1 aliphatic heterocycles. The number of aryl methyl sites for hydroxylation is 1. The molecule has 180 valence electrons. The molecule has 0 saturated heterocycles. The molecule has 1 atom stereocenters. The molecule has 0 spiro atoms. The van der Waals surface area contributed by atoms with Crippen molar-refractivity contribution in [3.8, 4) is 0 Å². The molecule has 2 heterocycles. The Morgan fingerprint density at radius 2 is 1.82 bits per heavy atom. The number of hydrogen-bond acceptors (Lipinski definition) is 3. The van der Waals surface area contributed by atoms with E-state index in [1.807, 2.05) is 32.9 Å². The van der Waals surface area contributed by atoms with Crippen LogP contribution < -0.4 is 5.32 Å². The fourth-order valence-corrected chi connectivity index (χ4v) is 5.34. The first-order valence-electron chi connectivity index (χ1n) is 11.9. The predicted octanol–water partition coefficient (Wildman–Crippen LogP) is 8.61. The first-order valence-corrected chi connectivity index (χ1v) is 12.7. The second-order valence-corrected chi connectivity index (χ2v) is 9.77. The van der Waals surface area contributed by atoms with Crippen LogP contribution >= 0.6 is 11.3 Å². The van der Waals surface area contributed by atoms with Crippen LogP contribution in [0.25, 0.3) is 11.3 Å². The molecule has 1 unspecified atom stereocenters. The molecule has 0 fully saturated rings. The summed E-state index contributed by atoms with van der Waals surface area (Å²) in [5.41, 5.74) is 7.64. The molecule has 0 amide bonds. The summed E-state index contributed by atoms with van der Waals surface area (Å²) < 4.78 is 0. The van der Waals surface area contributed by atoms with Gasteiger partial charge in [0.25, 0.3) is 0 Å². The Bertz CT molecular complexity index is 1130. The van der Waals surface area contributed by atoms with E-state index in [-0.39, 0.29) is 0 Å². The van der Waals surface area contributed by atoms with Crippen molar-refractivity contribution in [2.75, 3.05) is 6.54 Å². The van der Waals surface area contributed by atoms with Crippen LogP contribution in [0.5, 0.6) is 0 Å². The van der Waals surface area contributed by atoms with Gasteiger partial charge in [-0.2, -0.15) is 0 Å². The fourth-order valence-electron chi connectivity index (χ4n) is 4.14. The van der Waals surface area contributed by atoms with Crippen molar-refractivity contribution in [2.45, 2.75) is 53.6 Å². The maximum atomic E-state index is 4.43. The van der Waals surface area contributed by atoms with Crippen LogP contribution in [0.2, 0.25) is 0 Å². The van der Waals surface area contributed by atoms with E-state index in [1.165, 1.54) is 32.0 Å². The molecule has 2 nitrogen and oxygen atoms in total. The number of rotatable bonds is 9. The number of fused-ring (bicyclic) bond motifs is 1. The average Bonchev–Trinajstić information content (AvgIpc) is 3.40. The number of nitrogens with one attached hydrogen (secondary N) is 1. The quantitative estimate of drug-likeness (QED) is 0.290. The van der Waals surface area contributed by atoms with Gasteiger partial charge >= 0.3 is 0 Å². The van der Waals surface area contributed by atoms with Crippen LogP contribution in [0.3, 0.4) is 0 Å². The third kappa shape index (κ3) is 5.90. The van der Waals surface area contributed by atoms with E-state index in [2.05, 4.69) is 93.7 Å². The van der Waals surface area contributed by atoms with Crippen LogP contribution in [-0.2, 0) is 12.1 Å². The predicted molar refractivity (Wildman–Crippen MR) is 154 cm³/mol. The van der Waals surface area contributed by atoms with Gasteiger partial charge in [-0.25, -0.2) is 0 Å². The second-order valence-electron chi connectivity index (χ2n) is 8.69. The summed E-state index contributed by atoms with van der Waals surface area (Å²) in [6.45, 7) is 30.7. The van der Waals surface area contributed by atoms with Gasteiger partial charge in [0.15, 0.2) is 0 Å². The number of nitrogens with zero attached hydrogens (tertiary/aromatic N) is 1. The van der Waals surface area contributed by atoms with Crippen molar-refractivity contribution in [1.29, 1.82) is 0 Å². The average molecular weight is 473 g/mol. The summed E-state index contributed by atoms with van der Waals surface area (Å²) in [6, 6.07) is 11.0. The Balaban J connectivity index is 0.00000199. The van der Waals surface area contributed by atoms with E-state index >= 15 is 0 Å². The van der Waals surface area contributed by atoms with Crippen LogP contribution in [0.15, 0.2) is 92.2 Å². The van der Waals surface area contributed by atoms with Gasteiger partial charge in [-0.05, 0) is 62.6 Å². The largest absolute Gasteiger partial charge is 0.374 e. The van der Waals surface area contributed by atoms with Gasteiger partial charge < -0.3 is 10.2 Å². The standard InChI is InChI=1S/C29H34N2S.C2H6/c1-9-10-11-12-23(7)27-15-16-28(32-27)29(20(2)3,30-21(4)5)19-31-18-25-14-13-22(6)17-26(25)24(31)8;1-2/h9-17,30H,1-2,4,8,18-19H2,3,5-7H3;1-2H3/b11-10-,23-12+;. The summed E-state index contributed by atoms with van der Waals surface area (Å²) in [5.74, 6) is 0. The van der Waals surface area contributed by atoms with E-state index in [4.69, 9.17) is 0 Å². The molecule has 1 N–H and O–H groups in total. The Labute approximate surface area is 211 Å².